The third kappa shape index (κ3) is 1.33. The minimum atomic E-state index is -0.361. The van der Waals surface area contributed by atoms with E-state index in [0.717, 1.165) is 0 Å². The highest BCUT2D eigenvalue weighted by Gasteiger charge is 2.09. The van der Waals surface area contributed by atoms with Crippen molar-refractivity contribution in [3.8, 4) is 17.2 Å². The largest absolute Gasteiger partial charge is 0.507 e. The minimum absolute atomic E-state index is 0.0356. The van der Waals surface area contributed by atoms with Crippen molar-refractivity contribution in [2.75, 3.05) is 0 Å². The lowest BCUT2D eigenvalue weighted by Crippen LogP contribution is -1.81. The lowest BCUT2D eigenvalue weighted by Gasteiger charge is -2.04. The van der Waals surface area contributed by atoms with Crippen molar-refractivity contribution in [1.29, 1.82) is 0 Å². The van der Waals surface area contributed by atoms with E-state index in [1.54, 1.807) is 0 Å². The number of hydrogen-bond acceptors (Lipinski definition) is 3. The molecular formula is C7H7ClO3. The minimum Gasteiger partial charge on any atom is -0.507 e. The Balaban J connectivity index is 3.29. The average molecular weight is 175 g/mol. The quantitative estimate of drug-likeness (QED) is 0.344. The van der Waals surface area contributed by atoms with Crippen LogP contribution in [0.3, 0.4) is 0 Å². The number of hydrogen-bond donors (Lipinski definition) is 3. The molecule has 3 nitrogen and oxygen atoms in total. The Morgan fingerprint density at radius 1 is 1.09 bits per heavy atom. The highest BCUT2D eigenvalue weighted by molar-refractivity contribution is 6.17. The number of aromatic hydroxyl groups is 3. The Morgan fingerprint density at radius 2 is 1.64 bits per heavy atom. The third-order valence-electron chi connectivity index (χ3n) is 1.37. The molecule has 11 heavy (non-hydrogen) atoms. The molecule has 4 heteroatoms. The molecular weight excluding hydrogens is 168 g/mol. The molecule has 0 saturated carbocycles. The molecule has 0 bridgehead atoms. The van der Waals surface area contributed by atoms with Gasteiger partial charge >= 0.3 is 0 Å². The van der Waals surface area contributed by atoms with Gasteiger partial charge < -0.3 is 15.3 Å². The Kier molecular flexibility index (Phi) is 2.10. The number of halogens is 1. The van der Waals surface area contributed by atoms with Crippen LogP contribution in [-0.2, 0) is 5.88 Å². The number of phenolic OH excluding ortho intramolecular Hbond substituents is 3. The summed E-state index contributed by atoms with van der Waals surface area (Å²) in [6, 6.07) is 2.47. The molecule has 0 aromatic heterocycles. The van der Waals surface area contributed by atoms with E-state index < -0.39 is 0 Å². The van der Waals surface area contributed by atoms with Gasteiger partial charge in [-0.1, -0.05) is 0 Å². The van der Waals surface area contributed by atoms with Crippen molar-refractivity contribution in [1.82, 2.24) is 0 Å². The number of alkyl halides is 1. The van der Waals surface area contributed by atoms with Crippen LogP contribution in [0.15, 0.2) is 12.1 Å². The second-order valence-corrected chi connectivity index (χ2v) is 2.33. The van der Waals surface area contributed by atoms with Crippen LogP contribution in [0.2, 0.25) is 0 Å². The first-order chi connectivity index (χ1) is 5.16. The Hall–Kier alpha value is -1.09. The standard InChI is InChI=1S/C7H7ClO3/c8-3-4-5(9)1-2-6(10)7(4)11/h1-2,9-11H,3H2. The van der Waals surface area contributed by atoms with Crippen LogP contribution in [0.4, 0.5) is 0 Å². The van der Waals surface area contributed by atoms with Gasteiger partial charge in [0.25, 0.3) is 0 Å². The maximum Gasteiger partial charge on any atom is 0.165 e. The van der Waals surface area contributed by atoms with E-state index in [2.05, 4.69) is 0 Å². The highest BCUT2D eigenvalue weighted by atomic mass is 35.5. The van der Waals surface area contributed by atoms with E-state index in [-0.39, 0.29) is 28.7 Å². The van der Waals surface area contributed by atoms with Gasteiger partial charge in [-0.2, -0.15) is 0 Å². The van der Waals surface area contributed by atoms with Gasteiger partial charge in [-0.15, -0.1) is 11.6 Å². The second kappa shape index (κ2) is 2.88. The zero-order valence-electron chi connectivity index (χ0n) is 5.58. The predicted molar refractivity (Wildman–Crippen MR) is 41.0 cm³/mol. The summed E-state index contributed by atoms with van der Waals surface area (Å²) in [7, 11) is 0. The number of benzene rings is 1. The first-order valence-electron chi connectivity index (χ1n) is 2.95. The van der Waals surface area contributed by atoms with E-state index in [1.807, 2.05) is 0 Å². The van der Waals surface area contributed by atoms with Gasteiger partial charge in [0.1, 0.15) is 5.75 Å². The molecule has 0 unspecified atom stereocenters. The second-order valence-electron chi connectivity index (χ2n) is 2.06. The molecule has 0 spiro atoms. The Labute approximate surface area is 68.5 Å². The van der Waals surface area contributed by atoms with Gasteiger partial charge in [0, 0.05) is 0 Å². The SMILES string of the molecule is Oc1ccc(O)c(CCl)c1O. The predicted octanol–water partition coefficient (Wildman–Crippen LogP) is 1.54. The lowest BCUT2D eigenvalue weighted by molar-refractivity contribution is 0.391. The molecule has 1 aromatic carbocycles. The maximum absolute atomic E-state index is 9.08. The zero-order valence-corrected chi connectivity index (χ0v) is 6.34. The molecule has 0 aliphatic carbocycles. The fourth-order valence-corrected chi connectivity index (χ4v) is 1.01. The van der Waals surface area contributed by atoms with Gasteiger partial charge in [0.2, 0.25) is 0 Å². The monoisotopic (exact) mass is 174 g/mol. The first kappa shape index (κ1) is 8.01. The van der Waals surface area contributed by atoms with E-state index in [4.69, 9.17) is 26.9 Å². The van der Waals surface area contributed by atoms with Crippen molar-refractivity contribution < 1.29 is 15.3 Å². The average Bonchev–Trinajstić information content (AvgIpc) is 1.99. The molecule has 0 atom stereocenters. The van der Waals surface area contributed by atoms with Gasteiger partial charge in [-0.3, -0.25) is 0 Å². The van der Waals surface area contributed by atoms with Gasteiger partial charge in [-0.05, 0) is 12.1 Å². The molecule has 0 saturated heterocycles. The van der Waals surface area contributed by atoms with Gasteiger partial charge in [-0.25, -0.2) is 0 Å². The van der Waals surface area contributed by atoms with Crippen LogP contribution in [0.5, 0.6) is 17.2 Å². The summed E-state index contributed by atoms with van der Waals surface area (Å²) < 4.78 is 0. The molecule has 1 aromatic rings. The van der Waals surface area contributed by atoms with Crippen LogP contribution in [0.25, 0.3) is 0 Å². The first-order valence-corrected chi connectivity index (χ1v) is 3.49. The van der Waals surface area contributed by atoms with E-state index in [9.17, 15) is 0 Å². The normalized spacial score (nSPS) is 9.91. The molecule has 0 amide bonds. The van der Waals surface area contributed by atoms with E-state index in [1.165, 1.54) is 12.1 Å². The lowest BCUT2D eigenvalue weighted by atomic mass is 10.2. The summed E-state index contributed by atoms with van der Waals surface area (Å²) in [6.07, 6.45) is 0. The molecule has 0 aliphatic rings. The molecule has 3 N–H and O–H groups in total. The van der Waals surface area contributed by atoms with Crippen LogP contribution >= 0.6 is 11.6 Å². The van der Waals surface area contributed by atoms with Crippen LogP contribution < -0.4 is 0 Å². The van der Waals surface area contributed by atoms with Crippen molar-refractivity contribution in [2.24, 2.45) is 0 Å². The number of rotatable bonds is 1. The topological polar surface area (TPSA) is 60.7 Å². The van der Waals surface area contributed by atoms with Gasteiger partial charge in [0.05, 0.1) is 11.4 Å². The third-order valence-corrected chi connectivity index (χ3v) is 1.64. The summed E-state index contributed by atoms with van der Waals surface area (Å²) in [5.74, 6) is -0.791. The van der Waals surface area contributed by atoms with E-state index in [0.29, 0.717) is 0 Å². The molecule has 0 radical (unpaired) electrons. The molecule has 1 rings (SSSR count). The summed E-state index contributed by atoms with van der Waals surface area (Å²) in [5.41, 5.74) is 0.145. The fraction of sp³-hybridized carbons (Fsp3) is 0.143. The molecule has 0 fully saturated rings. The summed E-state index contributed by atoms with van der Waals surface area (Å²) in [4.78, 5) is 0. The molecule has 0 heterocycles. The van der Waals surface area contributed by atoms with E-state index >= 15 is 0 Å². The number of phenols is 3. The smallest absolute Gasteiger partial charge is 0.165 e. The van der Waals surface area contributed by atoms with Crippen molar-refractivity contribution in [3.63, 3.8) is 0 Å². The van der Waals surface area contributed by atoms with Crippen molar-refractivity contribution in [2.45, 2.75) is 5.88 Å². The van der Waals surface area contributed by atoms with Gasteiger partial charge in [0.15, 0.2) is 11.5 Å². The summed E-state index contributed by atoms with van der Waals surface area (Å²) >= 11 is 5.38. The molecule has 60 valence electrons. The highest BCUT2D eigenvalue weighted by Crippen LogP contribution is 2.35. The maximum atomic E-state index is 9.08. The van der Waals surface area contributed by atoms with Crippen molar-refractivity contribution in [3.05, 3.63) is 17.7 Å². The van der Waals surface area contributed by atoms with Crippen LogP contribution in [-0.4, -0.2) is 15.3 Å². The Morgan fingerprint density at radius 3 is 2.09 bits per heavy atom. The summed E-state index contributed by atoms with van der Waals surface area (Å²) in [6.45, 7) is 0. The van der Waals surface area contributed by atoms with Crippen LogP contribution in [0, 0.1) is 0 Å². The fourth-order valence-electron chi connectivity index (χ4n) is 0.745. The zero-order chi connectivity index (χ0) is 8.43. The van der Waals surface area contributed by atoms with Crippen LogP contribution in [0.1, 0.15) is 5.56 Å². The van der Waals surface area contributed by atoms with Crippen molar-refractivity contribution >= 4 is 11.6 Å². The molecule has 0 aliphatic heterocycles. The summed E-state index contributed by atoms with van der Waals surface area (Å²) in [5, 5.41) is 27.1. The Bertz CT molecular complexity index is 273.